The van der Waals surface area contributed by atoms with Gasteiger partial charge in [-0.2, -0.15) is 0 Å². The number of likely N-dealkylation sites (N-methyl/N-ethyl adjacent to an activating group) is 1. The summed E-state index contributed by atoms with van der Waals surface area (Å²) in [6, 6.07) is -0.754. The molecule has 0 aromatic carbocycles. The highest BCUT2D eigenvalue weighted by Gasteiger charge is 2.32. The fourth-order valence-electron chi connectivity index (χ4n) is 1.59. The number of nitrogens with one attached hydrogen (secondary N) is 1. The lowest BCUT2D eigenvalue weighted by Crippen LogP contribution is -2.55. The van der Waals surface area contributed by atoms with Crippen molar-refractivity contribution in [3.8, 4) is 0 Å². The number of amides is 4. The normalized spacial score (nSPS) is 20.3. The molecule has 16 heavy (non-hydrogen) atoms. The van der Waals surface area contributed by atoms with Crippen molar-refractivity contribution < 1.29 is 14.4 Å². The molecule has 1 aliphatic rings. The Morgan fingerprint density at radius 3 is 2.56 bits per heavy atom. The number of urea groups is 1. The Labute approximate surface area is 94.6 Å². The second kappa shape index (κ2) is 4.96. The van der Waals surface area contributed by atoms with Gasteiger partial charge in [0.15, 0.2) is 0 Å². The van der Waals surface area contributed by atoms with E-state index in [0.717, 1.165) is 0 Å². The summed E-state index contributed by atoms with van der Waals surface area (Å²) in [5, 5.41) is 2.23. The molecule has 0 aromatic rings. The third-order valence-corrected chi connectivity index (χ3v) is 2.78. The Bertz CT molecular complexity index is 316. The predicted octanol–water partition coefficient (Wildman–Crippen LogP) is -0.205. The zero-order chi connectivity index (χ0) is 12.3. The van der Waals surface area contributed by atoms with Crippen LogP contribution in [-0.4, -0.2) is 54.3 Å². The summed E-state index contributed by atoms with van der Waals surface area (Å²) >= 11 is 0. The molecule has 0 bridgehead atoms. The molecule has 1 saturated heterocycles. The molecule has 1 aliphatic heterocycles. The lowest BCUT2D eigenvalue weighted by molar-refractivity contribution is -0.136. The maximum absolute atomic E-state index is 11.8. The van der Waals surface area contributed by atoms with Crippen LogP contribution in [0.1, 0.15) is 19.8 Å². The average molecular weight is 227 g/mol. The highest BCUT2D eigenvalue weighted by atomic mass is 16.2. The first-order valence-electron chi connectivity index (χ1n) is 5.29. The summed E-state index contributed by atoms with van der Waals surface area (Å²) in [6.45, 7) is 2.44. The number of carbonyl (C=O) groups excluding carboxylic acids is 3. The third kappa shape index (κ3) is 2.50. The summed E-state index contributed by atoms with van der Waals surface area (Å²) in [5.41, 5.74) is 0. The Hall–Kier alpha value is -1.59. The zero-order valence-corrected chi connectivity index (χ0v) is 9.82. The minimum absolute atomic E-state index is 0.211. The monoisotopic (exact) mass is 227 g/mol. The fraction of sp³-hybridized carbons (Fsp3) is 0.700. The quantitative estimate of drug-likeness (QED) is 0.664. The molecule has 0 radical (unpaired) electrons. The van der Waals surface area contributed by atoms with Crippen molar-refractivity contribution in [2.75, 3.05) is 20.6 Å². The maximum atomic E-state index is 11.8. The molecule has 0 aromatic heterocycles. The van der Waals surface area contributed by atoms with Crippen LogP contribution in [0.5, 0.6) is 0 Å². The van der Waals surface area contributed by atoms with Crippen molar-refractivity contribution in [2.24, 2.45) is 0 Å². The molecule has 0 aliphatic carbocycles. The van der Waals surface area contributed by atoms with Gasteiger partial charge in [0.2, 0.25) is 11.8 Å². The molecular formula is C10H17N3O3. The Balaban J connectivity index is 2.67. The molecule has 1 heterocycles. The van der Waals surface area contributed by atoms with E-state index in [2.05, 4.69) is 5.32 Å². The molecule has 1 N–H and O–H groups in total. The molecule has 6 nitrogen and oxygen atoms in total. The first-order chi connectivity index (χ1) is 7.47. The molecule has 90 valence electrons. The van der Waals surface area contributed by atoms with Crippen LogP contribution in [0.2, 0.25) is 0 Å². The average Bonchev–Trinajstić information content (AvgIpc) is 2.26. The number of imide groups is 1. The molecule has 1 unspecified atom stereocenters. The van der Waals surface area contributed by atoms with Gasteiger partial charge in [-0.15, -0.1) is 0 Å². The Morgan fingerprint density at radius 2 is 2.06 bits per heavy atom. The van der Waals surface area contributed by atoms with Crippen molar-refractivity contribution in [3.63, 3.8) is 0 Å². The number of hydrogen-bond donors (Lipinski definition) is 1. The highest BCUT2D eigenvalue weighted by Crippen LogP contribution is 2.12. The number of hydrogen-bond acceptors (Lipinski definition) is 3. The van der Waals surface area contributed by atoms with E-state index in [1.54, 1.807) is 14.1 Å². The maximum Gasteiger partial charge on any atom is 0.320 e. The SMILES string of the molecule is CCN(C)C(=O)N(C)C1CCC(=O)NC1=O. The van der Waals surface area contributed by atoms with Crippen LogP contribution in [0.15, 0.2) is 0 Å². The molecule has 0 saturated carbocycles. The summed E-state index contributed by atoms with van der Waals surface area (Å²) in [7, 11) is 3.25. The van der Waals surface area contributed by atoms with E-state index in [4.69, 9.17) is 0 Å². The topological polar surface area (TPSA) is 69.7 Å². The lowest BCUT2D eigenvalue weighted by atomic mass is 10.1. The minimum atomic E-state index is -0.542. The zero-order valence-electron chi connectivity index (χ0n) is 9.82. The van der Waals surface area contributed by atoms with Crippen LogP contribution in [0.3, 0.4) is 0 Å². The van der Waals surface area contributed by atoms with Crippen LogP contribution in [0.4, 0.5) is 4.79 Å². The Morgan fingerprint density at radius 1 is 1.44 bits per heavy atom. The molecule has 1 atom stereocenters. The number of piperidine rings is 1. The van der Waals surface area contributed by atoms with Crippen LogP contribution in [0.25, 0.3) is 0 Å². The standard InChI is InChI=1S/C10H17N3O3/c1-4-12(2)10(16)13(3)7-5-6-8(14)11-9(7)15/h7H,4-6H2,1-3H3,(H,11,14,15). The van der Waals surface area contributed by atoms with Crippen molar-refractivity contribution in [2.45, 2.75) is 25.8 Å². The lowest BCUT2D eigenvalue weighted by Gasteiger charge is -2.32. The predicted molar refractivity (Wildman–Crippen MR) is 57.6 cm³/mol. The summed E-state index contributed by atoms with van der Waals surface area (Å²) in [5.74, 6) is -0.664. The molecule has 0 spiro atoms. The van der Waals surface area contributed by atoms with Gasteiger partial charge in [0.25, 0.3) is 0 Å². The summed E-state index contributed by atoms with van der Waals surface area (Å²) < 4.78 is 0. The summed E-state index contributed by atoms with van der Waals surface area (Å²) in [6.07, 6.45) is 0.675. The van der Waals surface area contributed by atoms with E-state index >= 15 is 0 Å². The van der Waals surface area contributed by atoms with Crippen molar-refractivity contribution in [3.05, 3.63) is 0 Å². The smallest absolute Gasteiger partial charge is 0.320 e. The van der Waals surface area contributed by atoms with E-state index in [9.17, 15) is 14.4 Å². The van der Waals surface area contributed by atoms with Crippen molar-refractivity contribution >= 4 is 17.8 Å². The van der Waals surface area contributed by atoms with Crippen molar-refractivity contribution in [1.82, 2.24) is 15.1 Å². The molecular weight excluding hydrogens is 210 g/mol. The van der Waals surface area contributed by atoms with E-state index < -0.39 is 11.9 Å². The van der Waals surface area contributed by atoms with Gasteiger partial charge in [0, 0.05) is 27.1 Å². The molecule has 1 fully saturated rings. The fourth-order valence-corrected chi connectivity index (χ4v) is 1.59. The van der Waals surface area contributed by atoms with Gasteiger partial charge in [-0.1, -0.05) is 0 Å². The first-order valence-corrected chi connectivity index (χ1v) is 5.29. The molecule has 1 rings (SSSR count). The second-order valence-corrected chi connectivity index (χ2v) is 3.87. The van der Waals surface area contributed by atoms with Crippen LogP contribution < -0.4 is 5.32 Å². The number of rotatable bonds is 2. The first kappa shape index (κ1) is 12.5. The van der Waals surface area contributed by atoms with E-state index in [-0.39, 0.29) is 18.4 Å². The van der Waals surface area contributed by atoms with E-state index in [0.29, 0.717) is 13.0 Å². The van der Waals surface area contributed by atoms with Crippen LogP contribution in [-0.2, 0) is 9.59 Å². The van der Waals surface area contributed by atoms with E-state index in [1.807, 2.05) is 6.92 Å². The van der Waals surface area contributed by atoms with Crippen LogP contribution >= 0.6 is 0 Å². The highest BCUT2D eigenvalue weighted by molar-refractivity contribution is 6.01. The third-order valence-electron chi connectivity index (χ3n) is 2.78. The largest absolute Gasteiger partial charge is 0.328 e. The number of carbonyl (C=O) groups is 3. The number of nitrogens with zero attached hydrogens (tertiary/aromatic N) is 2. The Kier molecular flexibility index (Phi) is 3.87. The van der Waals surface area contributed by atoms with Gasteiger partial charge in [-0.3, -0.25) is 14.9 Å². The molecule has 4 amide bonds. The van der Waals surface area contributed by atoms with Gasteiger partial charge in [-0.25, -0.2) is 4.79 Å². The van der Waals surface area contributed by atoms with Gasteiger partial charge in [0.1, 0.15) is 6.04 Å². The van der Waals surface area contributed by atoms with Crippen molar-refractivity contribution in [1.29, 1.82) is 0 Å². The van der Waals surface area contributed by atoms with Gasteiger partial charge < -0.3 is 9.80 Å². The summed E-state index contributed by atoms with van der Waals surface area (Å²) in [4.78, 5) is 37.2. The molecule has 6 heteroatoms. The van der Waals surface area contributed by atoms with Gasteiger partial charge >= 0.3 is 6.03 Å². The van der Waals surface area contributed by atoms with Crippen LogP contribution in [0, 0.1) is 0 Å². The van der Waals surface area contributed by atoms with Gasteiger partial charge in [-0.05, 0) is 13.3 Å². The van der Waals surface area contributed by atoms with Gasteiger partial charge in [0.05, 0.1) is 0 Å². The second-order valence-electron chi connectivity index (χ2n) is 3.87. The van der Waals surface area contributed by atoms with E-state index in [1.165, 1.54) is 9.80 Å². The minimum Gasteiger partial charge on any atom is -0.328 e.